The first-order chi connectivity index (χ1) is 7.69. The van der Waals surface area contributed by atoms with Crippen molar-refractivity contribution < 1.29 is 13.5 Å². The predicted molar refractivity (Wildman–Crippen MR) is 59.5 cm³/mol. The molecule has 1 aromatic heterocycles. The number of fused-ring (bicyclic) bond motifs is 1. The van der Waals surface area contributed by atoms with Crippen LogP contribution in [0, 0.1) is 12.7 Å². The fraction of sp³-hybridized carbons (Fsp3) is 0.333. The van der Waals surface area contributed by atoms with Gasteiger partial charge in [-0.3, -0.25) is 0 Å². The van der Waals surface area contributed by atoms with E-state index in [-0.39, 0.29) is 17.9 Å². The van der Waals surface area contributed by atoms with Crippen LogP contribution in [-0.2, 0) is 17.9 Å². The molecule has 1 aromatic carbocycles. The van der Waals surface area contributed by atoms with Gasteiger partial charge < -0.3 is 14.9 Å². The number of hydrogen-bond donors (Lipinski definition) is 1. The lowest BCUT2D eigenvalue weighted by Gasteiger charge is -1.99. The summed E-state index contributed by atoms with van der Waals surface area (Å²) in [6.45, 7) is 2.32. The molecule has 0 amide bonds. The van der Waals surface area contributed by atoms with Gasteiger partial charge >= 0.3 is 0 Å². The van der Waals surface area contributed by atoms with E-state index in [1.165, 1.54) is 0 Å². The minimum Gasteiger partial charge on any atom is -0.456 e. The van der Waals surface area contributed by atoms with Crippen LogP contribution in [0.5, 0.6) is 0 Å². The van der Waals surface area contributed by atoms with E-state index in [4.69, 9.17) is 14.9 Å². The van der Waals surface area contributed by atoms with Crippen LogP contribution >= 0.6 is 0 Å². The number of nitrogens with two attached hydrogens (primary N) is 1. The normalized spacial score (nSPS) is 11.2. The molecule has 1 heterocycles. The van der Waals surface area contributed by atoms with Gasteiger partial charge in [0.05, 0.1) is 13.2 Å². The summed E-state index contributed by atoms with van der Waals surface area (Å²) < 4.78 is 24.3. The standard InChI is InChI=1S/C12H14FNO2/c1-7-3-4-8-9(6-15-2)10(5-14)16-12(8)11(7)13/h3-4H,5-6,14H2,1-2H3. The van der Waals surface area contributed by atoms with E-state index in [1.807, 2.05) is 6.07 Å². The summed E-state index contributed by atoms with van der Waals surface area (Å²) >= 11 is 0. The molecular weight excluding hydrogens is 209 g/mol. The van der Waals surface area contributed by atoms with Crippen LogP contribution in [0.25, 0.3) is 11.0 Å². The maximum atomic E-state index is 13.8. The Labute approximate surface area is 93.0 Å². The summed E-state index contributed by atoms with van der Waals surface area (Å²) in [5, 5.41) is 0.741. The van der Waals surface area contributed by atoms with Crippen LogP contribution in [-0.4, -0.2) is 7.11 Å². The van der Waals surface area contributed by atoms with E-state index in [2.05, 4.69) is 0 Å². The Kier molecular flexibility index (Phi) is 2.94. The Balaban J connectivity index is 2.72. The summed E-state index contributed by atoms with van der Waals surface area (Å²) in [6, 6.07) is 3.57. The molecule has 2 N–H and O–H groups in total. The number of ether oxygens (including phenoxy) is 1. The highest BCUT2D eigenvalue weighted by Gasteiger charge is 2.16. The van der Waals surface area contributed by atoms with Crippen LogP contribution in [0.1, 0.15) is 16.9 Å². The lowest BCUT2D eigenvalue weighted by Crippen LogP contribution is -1.99. The minimum atomic E-state index is -0.324. The summed E-state index contributed by atoms with van der Waals surface area (Å²) in [5.41, 5.74) is 7.23. The van der Waals surface area contributed by atoms with E-state index >= 15 is 0 Å². The summed E-state index contributed by atoms with van der Waals surface area (Å²) in [7, 11) is 1.59. The molecule has 0 atom stereocenters. The van der Waals surface area contributed by atoms with Gasteiger partial charge in [-0.05, 0) is 12.5 Å². The highest BCUT2D eigenvalue weighted by atomic mass is 19.1. The average molecular weight is 223 g/mol. The molecule has 16 heavy (non-hydrogen) atoms. The second kappa shape index (κ2) is 4.23. The van der Waals surface area contributed by atoms with Crippen molar-refractivity contribution in [1.29, 1.82) is 0 Å². The highest BCUT2D eigenvalue weighted by Crippen LogP contribution is 2.29. The van der Waals surface area contributed by atoms with Gasteiger partial charge in [-0.2, -0.15) is 0 Å². The Morgan fingerprint density at radius 2 is 2.19 bits per heavy atom. The fourth-order valence-corrected chi connectivity index (χ4v) is 1.79. The second-order valence-electron chi connectivity index (χ2n) is 3.71. The van der Waals surface area contributed by atoms with Gasteiger partial charge in [-0.1, -0.05) is 12.1 Å². The molecule has 2 aromatic rings. The number of hydrogen-bond acceptors (Lipinski definition) is 3. The maximum Gasteiger partial charge on any atom is 0.170 e. The Bertz CT molecular complexity index is 519. The SMILES string of the molecule is COCc1c(CN)oc2c(F)c(C)ccc12. The highest BCUT2D eigenvalue weighted by molar-refractivity contribution is 5.83. The minimum absolute atomic E-state index is 0.242. The number of methoxy groups -OCH3 is 1. The van der Waals surface area contributed by atoms with Crippen LogP contribution in [0.15, 0.2) is 16.5 Å². The molecule has 0 saturated carbocycles. The third-order valence-corrected chi connectivity index (χ3v) is 2.65. The molecule has 3 nitrogen and oxygen atoms in total. The van der Waals surface area contributed by atoms with Crippen molar-refractivity contribution in [2.75, 3.05) is 7.11 Å². The molecule has 4 heteroatoms. The van der Waals surface area contributed by atoms with Crippen molar-refractivity contribution >= 4 is 11.0 Å². The zero-order valence-electron chi connectivity index (χ0n) is 9.34. The van der Waals surface area contributed by atoms with Crippen LogP contribution in [0.2, 0.25) is 0 Å². The molecule has 0 fully saturated rings. The number of rotatable bonds is 3. The summed E-state index contributed by atoms with van der Waals surface area (Å²) in [6.07, 6.45) is 0. The van der Waals surface area contributed by atoms with Crippen LogP contribution in [0.3, 0.4) is 0 Å². The number of furan rings is 1. The van der Waals surface area contributed by atoms with Crippen molar-refractivity contribution in [3.05, 3.63) is 34.8 Å². The Hall–Kier alpha value is -1.39. The molecule has 86 valence electrons. The van der Waals surface area contributed by atoms with E-state index in [1.54, 1.807) is 20.1 Å². The van der Waals surface area contributed by atoms with Gasteiger partial charge in [0.25, 0.3) is 0 Å². The average Bonchev–Trinajstić information content (AvgIpc) is 2.63. The first kappa shape index (κ1) is 11.1. The van der Waals surface area contributed by atoms with Gasteiger partial charge in [0, 0.05) is 18.1 Å². The van der Waals surface area contributed by atoms with Crippen molar-refractivity contribution in [1.82, 2.24) is 0 Å². The van der Waals surface area contributed by atoms with Crippen LogP contribution in [0.4, 0.5) is 4.39 Å². The number of aryl methyl sites for hydroxylation is 1. The first-order valence-corrected chi connectivity index (χ1v) is 5.07. The van der Waals surface area contributed by atoms with Crippen molar-refractivity contribution in [2.24, 2.45) is 5.73 Å². The molecule has 0 aliphatic rings. The van der Waals surface area contributed by atoms with E-state index < -0.39 is 0 Å². The van der Waals surface area contributed by atoms with Crippen molar-refractivity contribution in [3.8, 4) is 0 Å². The maximum absolute atomic E-state index is 13.8. The molecule has 0 saturated heterocycles. The molecule has 0 unspecified atom stereocenters. The third kappa shape index (κ3) is 1.60. The molecule has 0 aliphatic carbocycles. The molecular formula is C12H14FNO2. The summed E-state index contributed by atoms with van der Waals surface area (Å²) in [4.78, 5) is 0. The zero-order valence-corrected chi connectivity index (χ0v) is 9.34. The largest absolute Gasteiger partial charge is 0.456 e. The monoisotopic (exact) mass is 223 g/mol. The zero-order chi connectivity index (χ0) is 11.7. The lowest BCUT2D eigenvalue weighted by molar-refractivity contribution is 0.184. The first-order valence-electron chi connectivity index (χ1n) is 5.07. The van der Waals surface area contributed by atoms with E-state index in [9.17, 15) is 4.39 Å². The van der Waals surface area contributed by atoms with Crippen molar-refractivity contribution in [2.45, 2.75) is 20.1 Å². The molecule has 0 aliphatic heterocycles. The molecule has 2 rings (SSSR count). The van der Waals surface area contributed by atoms with Gasteiger partial charge in [-0.15, -0.1) is 0 Å². The van der Waals surface area contributed by atoms with Gasteiger partial charge in [-0.25, -0.2) is 4.39 Å². The molecule has 0 spiro atoms. The van der Waals surface area contributed by atoms with Crippen molar-refractivity contribution in [3.63, 3.8) is 0 Å². The smallest absolute Gasteiger partial charge is 0.170 e. The third-order valence-electron chi connectivity index (χ3n) is 2.65. The van der Waals surface area contributed by atoms with Gasteiger partial charge in [0.15, 0.2) is 11.4 Å². The Morgan fingerprint density at radius 3 is 2.81 bits per heavy atom. The Morgan fingerprint density at radius 1 is 1.44 bits per heavy atom. The second-order valence-corrected chi connectivity index (χ2v) is 3.71. The summed E-state index contributed by atoms with van der Waals surface area (Å²) in [5.74, 6) is 0.260. The van der Waals surface area contributed by atoms with Gasteiger partial charge in [0.2, 0.25) is 0 Å². The number of halogens is 1. The molecule has 0 radical (unpaired) electrons. The molecule has 0 bridgehead atoms. The van der Waals surface area contributed by atoms with E-state index in [0.717, 1.165) is 10.9 Å². The lowest BCUT2D eigenvalue weighted by atomic mass is 10.1. The predicted octanol–water partition coefficient (Wildman–Crippen LogP) is 2.49. The topological polar surface area (TPSA) is 48.4 Å². The quantitative estimate of drug-likeness (QED) is 0.869. The number of benzene rings is 1. The van der Waals surface area contributed by atoms with E-state index in [0.29, 0.717) is 17.9 Å². The fourth-order valence-electron chi connectivity index (χ4n) is 1.79. The van der Waals surface area contributed by atoms with Crippen LogP contribution < -0.4 is 5.73 Å². The van der Waals surface area contributed by atoms with Gasteiger partial charge in [0.1, 0.15) is 5.76 Å².